The van der Waals surface area contributed by atoms with Gasteiger partial charge in [-0.15, -0.1) is 0 Å². The molecule has 114 valence electrons. The number of nitrogens with one attached hydrogen (secondary N) is 1. The average molecular weight is 290 g/mol. The minimum atomic E-state index is 0.112. The Morgan fingerprint density at radius 1 is 1.33 bits per heavy atom. The first-order chi connectivity index (χ1) is 10.2. The maximum absolute atomic E-state index is 12.4. The molecule has 0 saturated carbocycles. The van der Waals surface area contributed by atoms with E-state index in [1.165, 1.54) is 0 Å². The van der Waals surface area contributed by atoms with Gasteiger partial charge in [0.05, 0.1) is 5.92 Å². The lowest BCUT2D eigenvalue weighted by Crippen LogP contribution is -2.41. The van der Waals surface area contributed by atoms with E-state index in [4.69, 9.17) is 9.47 Å². The molecule has 1 saturated heterocycles. The normalized spacial score (nSPS) is 20.9. The maximum Gasteiger partial charge on any atom is 0.227 e. The van der Waals surface area contributed by atoms with Gasteiger partial charge in [-0.1, -0.05) is 6.07 Å². The van der Waals surface area contributed by atoms with Crippen LogP contribution in [-0.2, 0) is 11.3 Å². The highest BCUT2D eigenvalue weighted by atomic mass is 16.6. The predicted molar refractivity (Wildman–Crippen MR) is 79.5 cm³/mol. The molecule has 1 fully saturated rings. The van der Waals surface area contributed by atoms with Crippen molar-refractivity contribution in [3.8, 4) is 11.5 Å². The lowest BCUT2D eigenvalue weighted by atomic mass is 9.98. The Bertz CT molecular complexity index is 512. The van der Waals surface area contributed by atoms with Crippen LogP contribution in [0.5, 0.6) is 11.5 Å². The van der Waals surface area contributed by atoms with Crippen molar-refractivity contribution in [3.05, 3.63) is 23.8 Å². The smallest absolute Gasteiger partial charge is 0.227 e. The fourth-order valence-corrected chi connectivity index (χ4v) is 2.91. The van der Waals surface area contributed by atoms with Crippen molar-refractivity contribution in [1.82, 2.24) is 10.2 Å². The molecule has 1 amide bonds. The number of nitrogens with zero attached hydrogens (tertiary/aromatic N) is 1. The minimum absolute atomic E-state index is 0.112. The molecule has 0 bridgehead atoms. The van der Waals surface area contributed by atoms with Gasteiger partial charge in [-0.2, -0.15) is 0 Å². The Labute approximate surface area is 125 Å². The fourth-order valence-electron chi connectivity index (χ4n) is 2.91. The van der Waals surface area contributed by atoms with Gasteiger partial charge in [-0.05, 0) is 37.1 Å². The van der Waals surface area contributed by atoms with Crippen LogP contribution in [-0.4, -0.2) is 44.2 Å². The molecule has 1 aromatic rings. The highest BCUT2D eigenvalue weighted by Crippen LogP contribution is 2.31. The largest absolute Gasteiger partial charge is 0.486 e. The van der Waals surface area contributed by atoms with Gasteiger partial charge in [0.15, 0.2) is 11.5 Å². The molecule has 2 aliphatic heterocycles. The topological polar surface area (TPSA) is 50.8 Å². The summed E-state index contributed by atoms with van der Waals surface area (Å²) in [6, 6.07) is 5.89. The first kappa shape index (κ1) is 14.2. The second-order valence-electron chi connectivity index (χ2n) is 5.72. The van der Waals surface area contributed by atoms with Crippen LogP contribution in [0.4, 0.5) is 0 Å². The van der Waals surface area contributed by atoms with Gasteiger partial charge in [-0.25, -0.2) is 0 Å². The molecule has 1 atom stereocenters. The van der Waals surface area contributed by atoms with E-state index < -0.39 is 0 Å². The molecular weight excluding hydrogens is 268 g/mol. The van der Waals surface area contributed by atoms with Crippen LogP contribution in [0, 0.1) is 5.92 Å². The summed E-state index contributed by atoms with van der Waals surface area (Å²) < 4.78 is 11.1. The van der Waals surface area contributed by atoms with Crippen LogP contribution in [0.3, 0.4) is 0 Å². The van der Waals surface area contributed by atoms with E-state index in [2.05, 4.69) is 5.32 Å². The summed E-state index contributed by atoms with van der Waals surface area (Å²) in [6.07, 6.45) is 2.06. The Morgan fingerprint density at radius 2 is 2.14 bits per heavy atom. The number of carbonyl (C=O) groups is 1. The number of hydrogen-bond donors (Lipinski definition) is 1. The van der Waals surface area contributed by atoms with Crippen LogP contribution < -0.4 is 14.8 Å². The summed E-state index contributed by atoms with van der Waals surface area (Å²) in [4.78, 5) is 14.2. The Balaban J connectivity index is 1.63. The number of amides is 1. The van der Waals surface area contributed by atoms with Crippen LogP contribution in [0.15, 0.2) is 18.2 Å². The van der Waals surface area contributed by atoms with E-state index in [0.29, 0.717) is 19.8 Å². The molecule has 2 aliphatic rings. The van der Waals surface area contributed by atoms with E-state index in [9.17, 15) is 4.79 Å². The first-order valence-electron chi connectivity index (χ1n) is 7.58. The quantitative estimate of drug-likeness (QED) is 0.914. The zero-order valence-corrected chi connectivity index (χ0v) is 12.4. The van der Waals surface area contributed by atoms with E-state index in [1.807, 2.05) is 30.1 Å². The van der Waals surface area contributed by atoms with Gasteiger partial charge >= 0.3 is 0 Å². The molecule has 3 rings (SSSR count). The highest BCUT2D eigenvalue weighted by molar-refractivity contribution is 5.79. The number of hydrogen-bond acceptors (Lipinski definition) is 4. The molecule has 0 aromatic heterocycles. The monoisotopic (exact) mass is 290 g/mol. The van der Waals surface area contributed by atoms with Crippen molar-refractivity contribution >= 4 is 5.91 Å². The molecular formula is C16H22N2O3. The number of rotatable bonds is 3. The standard InChI is InChI=1S/C16H22N2O3/c1-18(16(19)13-3-2-6-17-10-13)11-12-4-5-14-15(9-12)21-8-7-20-14/h4-5,9,13,17H,2-3,6-8,10-11H2,1H3/t13-/m1/s1. The molecule has 0 unspecified atom stereocenters. The highest BCUT2D eigenvalue weighted by Gasteiger charge is 2.24. The summed E-state index contributed by atoms with van der Waals surface area (Å²) in [5, 5.41) is 3.29. The predicted octanol–water partition coefficient (Wildman–Crippen LogP) is 1.42. The molecule has 0 spiro atoms. The fraction of sp³-hybridized carbons (Fsp3) is 0.562. The first-order valence-corrected chi connectivity index (χ1v) is 7.58. The van der Waals surface area contributed by atoms with Crippen molar-refractivity contribution in [3.63, 3.8) is 0 Å². The third kappa shape index (κ3) is 3.29. The number of fused-ring (bicyclic) bond motifs is 1. The molecule has 0 radical (unpaired) electrons. The van der Waals surface area contributed by atoms with Crippen LogP contribution in [0.25, 0.3) is 0 Å². The average Bonchev–Trinajstić information content (AvgIpc) is 2.55. The van der Waals surface area contributed by atoms with Gasteiger partial charge in [0.25, 0.3) is 0 Å². The van der Waals surface area contributed by atoms with Crippen molar-refractivity contribution in [2.24, 2.45) is 5.92 Å². The lowest BCUT2D eigenvalue weighted by Gasteiger charge is -2.27. The summed E-state index contributed by atoms with van der Waals surface area (Å²) >= 11 is 0. The molecule has 5 nitrogen and oxygen atoms in total. The van der Waals surface area contributed by atoms with Crippen molar-refractivity contribution < 1.29 is 14.3 Å². The van der Waals surface area contributed by atoms with Crippen LogP contribution >= 0.6 is 0 Å². The number of carbonyl (C=O) groups excluding carboxylic acids is 1. The summed E-state index contributed by atoms with van der Waals surface area (Å²) in [5.74, 6) is 1.90. The molecule has 0 aliphatic carbocycles. The third-order valence-corrected chi connectivity index (χ3v) is 4.05. The Kier molecular flexibility index (Phi) is 4.29. The molecule has 2 heterocycles. The summed E-state index contributed by atoms with van der Waals surface area (Å²) in [7, 11) is 1.87. The molecule has 1 N–H and O–H groups in total. The van der Waals surface area contributed by atoms with Gasteiger partial charge in [0.1, 0.15) is 13.2 Å². The molecule has 1 aromatic carbocycles. The lowest BCUT2D eigenvalue weighted by molar-refractivity contribution is -0.135. The van der Waals surface area contributed by atoms with E-state index in [-0.39, 0.29) is 11.8 Å². The number of benzene rings is 1. The van der Waals surface area contributed by atoms with Gasteiger partial charge < -0.3 is 19.7 Å². The van der Waals surface area contributed by atoms with E-state index in [0.717, 1.165) is 43.0 Å². The Hall–Kier alpha value is -1.75. The van der Waals surface area contributed by atoms with Crippen molar-refractivity contribution in [2.45, 2.75) is 19.4 Å². The second kappa shape index (κ2) is 6.35. The van der Waals surface area contributed by atoms with Gasteiger partial charge in [-0.3, -0.25) is 4.79 Å². The van der Waals surface area contributed by atoms with Crippen molar-refractivity contribution in [2.75, 3.05) is 33.4 Å². The Morgan fingerprint density at radius 3 is 2.90 bits per heavy atom. The SMILES string of the molecule is CN(Cc1ccc2c(c1)OCCO2)C(=O)[C@@H]1CCCNC1. The third-order valence-electron chi connectivity index (χ3n) is 4.05. The van der Waals surface area contributed by atoms with Crippen molar-refractivity contribution in [1.29, 1.82) is 0 Å². The second-order valence-corrected chi connectivity index (χ2v) is 5.72. The van der Waals surface area contributed by atoms with Crippen LogP contribution in [0.2, 0.25) is 0 Å². The van der Waals surface area contributed by atoms with Gasteiger partial charge in [0.2, 0.25) is 5.91 Å². The minimum Gasteiger partial charge on any atom is -0.486 e. The van der Waals surface area contributed by atoms with E-state index in [1.54, 1.807) is 0 Å². The number of ether oxygens (including phenoxy) is 2. The number of piperidine rings is 1. The molecule has 5 heteroatoms. The van der Waals surface area contributed by atoms with E-state index >= 15 is 0 Å². The zero-order valence-electron chi connectivity index (χ0n) is 12.4. The summed E-state index contributed by atoms with van der Waals surface area (Å²) in [5.41, 5.74) is 1.07. The van der Waals surface area contributed by atoms with Gasteiger partial charge in [0, 0.05) is 20.1 Å². The summed E-state index contributed by atoms with van der Waals surface area (Å²) in [6.45, 7) is 3.60. The van der Waals surface area contributed by atoms with Crippen LogP contribution in [0.1, 0.15) is 18.4 Å². The molecule has 21 heavy (non-hydrogen) atoms. The maximum atomic E-state index is 12.4. The zero-order chi connectivity index (χ0) is 14.7.